The first-order valence-corrected chi connectivity index (χ1v) is 6.83. The van der Waals surface area contributed by atoms with Crippen LogP contribution in [0.3, 0.4) is 0 Å². The first kappa shape index (κ1) is 10.9. The summed E-state index contributed by atoms with van der Waals surface area (Å²) in [6, 6.07) is 18.0. The van der Waals surface area contributed by atoms with Gasteiger partial charge < -0.3 is 0 Å². The Hall–Kier alpha value is -1.64. The van der Waals surface area contributed by atoms with Crippen LogP contribution in [0, 0.1) is 0 Å². The van der Waals surface area contributed by atoms with Crippen LogP contribution in [0.4, 0.5) is 0 Å². The Bertz CT molecular complexity index is 413. The molecule has 16 heavy (non-hydrogen) atoms. The Labute approximate surface area is 98.4 Å². The SMILES string of the molecule is O=[Se](Oc1ccccc1)Oc1ccccc1. The number of rotatable bonds is 4. The molecule has 0 spiro atoms. The van der Waals surface area contributed by atoms with Gasteiger partial charge in [-0.05, 0) is 0 Å². The monoisotopic (exact) mass is 282 g/mol. The van der Waals surface area contributed by atoms with Crippen molar-refractivity contribution < 1.29 is 11.5 Å². The fourth-order valence-electron chi connectivity index (χ4n) is 1.13. The van der Waals surface area contributed by atoms with Gasteiger partial charge in [-0.15, -0.1) is 0 Å². The predicted octanol–water partition coefficient (Wildman–Crippen LogP) is 2.56. The number of hydrogen-bond acceptors (Lipinski definition) is 3. The van der Waals surface area contributed by atoms with E-state index in [0.717, 1.165) is 0 Å². The quantitative estimate of drug-likeness (QED) is 0.808. The van der Waals surface area contributed by atoms with E-state index < -0.39 is 14.5 Å². The van der Waals surface area contributed by atoms with Gasteiger partial charge in [-0.1, -0.05) is 0 Å². The molecule has 0 atom stereocenters. The van der Waals surface area contributed by atoms with E-state index in [1.54, 1.807) is 24.3 Å². The van der Waals surface area contributed by atoms with Crippen LogP contribution in [-0.4, -0.2) is 14.5 Å². The zero-order valence-corrected chi connectivity index (χ0v) is 10.1. The molecule has 0 amide bonds. The molecule has 3 nitrogen and oxygen atoms in total. The molecule has 0 aliphatic rings. The molecule has 4 heteroatoms. The Morgan fingerprint density at radius 1 is 0.688 bits per heavy atom. The Balaban J connectivity index is 1.95. The third kappa shape index (κ3) is 3.19. The summed E-state index contributed by atoms with van der Waals surface area (Å²) in [6.07, 6.45) is 0. The van der Waals surface area contributed by atoms with Crippen molar-refractivity contribution in [2.45, 2.75) is 0 Å². The van der Waals surface area contributed by atoms with E-state index in [9.17, 15) is 3.83 Å². The molecule has 2 aromatic carbocycles. The van der Waals surface area contributed by atoms with Crippen LogP contribution in [0.1, 0.15) is 0 Å². The number of benzene rings is 2. The van der Waals surface area contributed by atoms with Gasteiger partial charge in [0, 0.05) is 0 Å². The summed E-state index contributed by atoms with van der Waals surface area (Å²) in [6.45, 7) is 0. The van der Waals surface area contributed by atoms with E-state index in [2.05, 4.69) is 0 Å². The summed E-state index contributed by atoms with van der Waals surface area (Å²) in [7, 11) is 0. The molecule has 0 unspecified atom stereocenters. The van der Waals surface area contributed by atoms with Crippen LogP contribution in [0.25, 0.3) is 0 Å². The molecular formula is C12H10O3Se. The molecule has 0 heterocycles. The van der Waals surface area contributed by atoms with E-state index in [1.807, 2.05) is 36.4 Å². The van der Waals surface area contributed by atoms with E-state index in [0.29, 0.717) is 11.5 Å². The third-order valence-corrected chi connectivity index (χ3v) is 3.19. The van der Waals surface area contributed by atoms with Crippen molar-refractivity contribution in [2.24, 2.45) is 0 Å². The van der Waals surface area contributed by atoms with Crippen LogP contribution in [0.15, 0.2) is 60.7 Å². The molecule has 2 aromatic rings. The van der Waals surface area contributed by atoms with Gasteiger partial charge in [0.25, 0.3) is 0 Å². The summed E-state index contributed by atoms with van der Waals surface area (Å²) < 4.78 is 21.9. The van der Waals surface area contributed by atoms with Gasteiger partial charge in [0.05, 0.1) is 0 Å². The second-order valence-corrected chi connectivity index (χ2v) is 4.55. The second-order valence-electron chi connectivity index (χ2n) is 3.00. The molecule has 0 radical (unpaired) electrons. The van der Waals surface area contributed by atoms with Gasteiger partial charge in [0.2, 0.25) is 0 Å². The van der Waals surface area contributed by atoms with Crippen LogP contribution in [-0.2, 0) is 3.83 Å². The molecule has 2 rings (SSSR count). The van der Waals surface area contributed by atoms with Gasteiger partial charge in [0.1, 0.15) is 0 Å². The number of hydrogen-bond donors (Lipinski definition) is 0. The Morgan fingerprint density at radius 3 is 1.44 bits per heavy atom. The van der Waals surface area contributed by atoms with Crippen molar-refractivity contribution in [3.05, 3.63) is 60.7 Å². The summed E-state index contributed by atoms with van der Waals surface area (Å²) >= 11 is -2.77. The summed E-state index contributed by atoms with van der Waals surface area (Å²) in [5, 5.41) is 0. The van der Waals surface area contributed by atoms with E-state index in [1.165, 1.54) is 0 Å². The van der Waals surface area contributed by atoms with Gasteiger partial charge in [-0.25, -0.2) is 0 Å². The van der Waals surface area contributed by atoms with E-state index >= 15 is 0 Å². The predicted molar refractivity (Wildman–Crippen MR) is 60.6 cm³/mol. The molecule has 82 valence electrons. The minimum atomic E-state index is -2.77. The average Bonchev–Trinajstić information content (AvgIpc) is 2.31. The number of para-hydroxylation sites is 2. The van der Waals surface area contributed by atoms with Gasteiger partial charge in [0.15, 0.2) is 0 Å². The summed E-state index contributed by atoms with van der Waals surface area (Å²) in [5.41, 5.74) is 0. The summed E-state index contributed by atoms with van der Waals surface area (Å²) in [4.78, 5) is 0. The second kappa shape index (κ2) is 5.45. The van der Waals surface area contributed by atoms with Crippen molar-refractivity contribution in [3.8, 4) is 11.5 Å². The first-order valence-electron chi connectivity index (χ1n) is 4.73. The third-order valence-electron chi connectivity index (χ3n) is 1.81. The van der Waals surface area contributed by atoms with Gasteiger partial charge >= 0.3 is 98.1 Å². The van der Waals surface area contributed by atoms with Gasteiger partial charge in [-0.2, -0.15) is 0 Å². The van der Waals surface area contributed by atoms with Crippen molar-refractivity contribution >= 4 is 14.5 Å². The Morgan fingerprint density at radius 2 is 1.06 bits per heavy atom. The standard InChI is InChI=1S/C12H10O3Se/c13-16(14-11-7-3-1-4-8-11)15-12-9-5-2-6-10-12/h1-10H. The van der Waals surface area contributed by atoms with Gasteiger partial charge in [-0.3, -0.25) is 0 Å². The average molecular weight is 281 g/mol. The van der Waals surface area contributed by atoms with Crippen molar-refractivity contribution in [1.29, 1.82) is 0 Å². The maximum absolute atomic E-state index is 11.5. The summed E-state index contributed by atoms with van der Waals surface area (Å²) in [5.74, 6) is 1.11. The molecule has 0 fully saturated rings. The first-order chi connectivity index (χ1) is 7.84. The minimum absolute atomic E-state index is 0.554. The fourth-order valence-corrected chi connectivity index (χ4v) is 2.32. The topological polar surface area (TPSA) is 35.5 Å². The molecule has 0 aliphatic heterocycles. The van der Waals surface area contributed by atoms with E-state index in [-0.39, 0.29) is 0 Å². The van der Waals surface area contributed by atoms with Crippen LogP contribution in [0.5, 0.6) is 11.5 Å². The molecule has 0 aliphatic carbocycles. The van der Waals surface area contributed by atoms with Crippen molar-refractivity contribution in [2.75, 3.05) is 0 Å². The molecule has 0 bridgehead atoms. The fraction of sp³-hybridized carbons (Fsp3) is 0. The normalized spacial score (nSPS) is 10.1. The van der Waals surface area contributed by atoms with Crippen LogP contribution < -0.4 is 7.64 Å². The zero-order chi connectivity index (χ0) is 11.2. The molecular weight excluding hydrogens is 271 g/mol. The molecule has 0 aromatic heterocycles. The Kier molecular flexibility index (Phi) is 3.70. The van der Waals surface area contributed by atoms with Crippen LogP contribution >= 0.6 is 0 Å². The van der Waals surface area contributed by atoms with E-state index in [4.69, 9.17) is 7.64 Å². The van der Waals surface area contributed by atoms with Crippen LogP contribution in [0.2, 0.25) is 0 Å². The molecule has 0 saturated carbocycles. The van der Waals surface area contributed by atoms with Crippen molar-refractivity contribution in [1.82, 2.24) is 0 Å². The maximum atomic E-state index is 11.5. The van der Waals surface area contributed by atoms with Crippen molar-refractivity contribution in [3.63, 3.8) is 0 Å². The zero-order valence-electron chi connectivity index (χ0n) is 8.41. The molecule has 0 saturated heterocycles. The molecule has 0 N–H and O–H groups in total.